The van der Waals surface area contributed by atoms with Crippen molar-refractivity contribution >= 4 is 6.29 Å². The number of aldehydes is 1. The molecule has 0 amide bonds. The molecule has 3 nitrogen and oxygen atoms in total. The topological polar surface area (TPSA) is 35.5 Å². The maximum atomic E-state index is 10.00. The first-order chi connectivity index (χ1) is 4.64. The van der Waals surface area contributed by atoms with E-state index in [1.54, 1.807) is 13.8 Å². The zero-order valence-corrected chi connectivity index (χ0v) is 6.09. The van der Waals surface area contributed by atoms with Gasteiger partial charge in [-0.05, 0) is 0 Å². The molecule has 0 aliphatic carbocycles. The molecule has 0 aromatic heterocycles. The molecule has 0 saturated carbocycles. The third kappa shape index (κ3) is 1.50. The second kappa shape index (κ2) is 2.33. The monoisotopic (exact) mass is 142 g/mol. The molecule has 1 rings (SSSR count). The fourth-order valence-corrected chi connectivity index (χ4v) is 0.743. The van der Waals surface area contributed by atoms with Gasteiger partial charge in [0.2, 0.25) is 5.79 Å². The van der Waals surface area contributed by atoms with E-state index >= 15 is 0 Å². The SMILES string of the molecule is CC1(C)OC=C(CC=O)O1. The Kier molecular flexibility index (Phi) is 1.66. The molecule has 56 valence electrons. The van der Waals surface area contributed by atoms with Crippen LogP contribution in [0.3, 0.4) is 0 Å². The molecule has 1 aliphatic heterocycles. The predicted octanol–water partition coefficient (Wildman–Crippen LogP) is 1.20. The van der Waals surface area contributed by atoms with E-state index in [0.717, 1.165) is 6.29 Å². The van der Waals surface area contributed by atoms with E-state index < -0.39 is 5.79 Å². The summed E-state index contributed by atoms with van der Waals surface area (Å²) in [6, 6.07) is 0. The second-order valence-electron chi connectivity index (χ2n) is 2.57. The van der Waals surface area contributed by atoms with Crippen molar-refractivity contribution in [1.82, 2.24) is 0 Å². The first-order valence-electron chi connectivity index (χ1n) is 3.13. The Labute approximate surface area is 59.6 Å². The molecule has 10 heavy (non-hydrogen) atoms. The van der Waals surface area contributed by atoms with E-state index in [4.69, 9.17) is 9.47 Å². The smallest absolute Gasteiger partial charge is 0.244 e. The molecule has 0 N–H and O–H groups in total. The lowest BCUT2D eigenvalue weighted by atomic mass is 10.4. The summed E-state index contributed by atoms with van der Waals surface area (Å²) < 4.78 is 10.3. The zero-order valence-electron chi connectivity index (χ0n) is 6.09. The van der Waals surface area contributed by atoms with Crippen LogP contribution in [0.1, 0.15) is 20.3 Å². The van der Waals surface area contributed by atoms with Crippen LogP contribution in [0.15, 0.2) is 12.0 Å². The lowest BCUT2D eigenvalue weighted by Crippen LogP contribution is -2.20. The van der Waals surface area contributed by atoms with Gasteiger partial charge in [-0.15, -0.1) is 0 Å². The molecule has 0 saturated heterocycles. The van der Waals surface area contributed by atoms with Crippen LogP contribution in [0.2, 0.25) is 0 Å². The highest BCUT2D eigenvalue weighted by Crippen LogP contribution is 2.25. The van der Waals surface area contributed by atoms with Crippen LogP contribution >= 0.6 is 0 Å². The zero-order chi connectivity index (χ0) is 7.61. The number of hydrogen-bond acceptors (Lipinski definition) is 3. The van der Waals surface area contributed by atoms with Crippen molar-refractivity contribution in [3.05, 3.63) is 12.0 Å². The van der Waals surface area contributed by atoms with Crippen LogP contribution < -0.4 is 0 Å². The van der Waals surface area contributed by atoms with Gasteiger partial charge in [0.1, 0.15) is 18.3 Å². The minimum absolute atomic E-state index is 0.295. The lowest BCUT2D eigenvalue weighted by molar-refractivity contribution is -0.120. The first kappa shape index (κ1) is 7.12. The van der Waals surface area contributed by atoms with Gasteiger partial charge in [-0.1, -0.05) is 0 Å². The largest absolute Gasteiger partial charge is 0.457 e. The normalized spacial score (nSPS) is 20.8. The highest BCUT2D eigenvalue weighted by atomic mass is 16.7. The molecule has 0 spiro atoms. The number of rotatable bonds is 2. The standard InChI is InChI=1S/C7H10O3/c1-7(2)9-5-6(10-7)3-4-8/h4-5H,3H2,1-2H3. The summed E-state index contributed by atoms with van der Waals surface area (Å²) in [4.78, 5) is 10.00. The molecule has 1 aliphatic rings. The summed E-state index contributed by atoms with van der Waals surface area (Å²) in [6.45, 7) is 3.59. The maximum absolute atomic E-state index is 10.00. The Balaban J connectivity index is 2.46. The quantitative estimate of drug-likeness (QED) is 0.543. The molecule has 0 radical (unpaired) electrons. The van der Waals surface area contributed by atoms with Gasteiger partial charge in [-0.25, -0.2) is 0 Å². The fourth-order valence-electron chi connectivity index (χ4n) is 0.743. The molecule has 0 fully saturated rings. The van der Waals surface area contributed by atoms with E-state index in [-0.39, 0.29) is 0 Å². The molecular formula is C7H10O3. The summed E-state index contributed by atoms with van der Waals surface area (Å²) in [5, 5.41) is 0. The number of hydrogen-bond donors (Lipinski definition) is 0. The number of carbonyl (C=O) groups is 1. The van der Waals surface area contributed by atoms with Crippen LogP contribution in [-0.2, 0) is 14.3 Å². The van der Waals surface area contributed by atoms with Gasteiger partial charge in [0, 0.05) is 13.8 Å². The van der Waals surface area contributed by atoms with E-state index in [1.807, 2.05) is 0 Å². The minimum atomic E-state index is -0.585. The Morgan fingerprint density at radius 3 is 2.80 bits per heavy atom. The Hall–Kier alpha value is -0.990. The van der Waals surface area contributed by atoms with Crippen molar-refractivity contribution in [2.75, 3.05) is 0 Å². The molecular weight excluding hydrogens is 132 g/mol. The average molecular weight is 142 g/mol. The number of ether oxygens (including phenoxy) is 2. The Bertz CT molecular complexity index is 170. The molecule has 3 heteroatoms. The highest BCUT2D eigenvalue weighted by Gasteiger charge is 2.26. The van der Waals surface area contributed by atoms with Gasteiger partial charge >= 0.3 is 0 Å². The van der Waals surface area contributed by atoms with Gasteiger partial charge in [0.05, 0.1) is 6.42 Å². The van der Waals surface area contributed by atoms with Crippen molar-refractivity contribution in [3.8, 4) is 0 Å². The van der Waals surface area contributed by atoms with Crippen molar-refractivity contribution in [1.29, 1.82) is 0 Å². The van der Waals surface area contributed by atoms with Crippen LogP contribution in [0.4, 0.5) is 0 Å². The fraction of sp³-hybridized carbons (Fsp3) is 0.571. The van der Waals surface area contributed by atoms with Crippen molar-refractivity contribution < 1.29 is 14.3 Å². The minimum Gasteiger partial charge on any atom is -0.457 e. The maximum Gasteiger partial charge on any atom is 0.244 e. The number of carbonyl (C=O) groups excluding carboxylic acids is 1. The first-order valence-corrected chi connectivity index (χ1v) is 3.13. The van der Waals surface area contributed by atoms with Gasteiger partial charge in [0.15, 0.2) is 0 Å². The molecule has 0 atom stereocenters. The molecule has 1 heterocycles. The second-order valence-corrected chi connectivity index (χ2v) is 2.57. The molecule has 0 aromatic rings. The van der Waals surface area contributed by atoms with E-state index in [9.17, 15) is 4.79 Å². The highest BCUT2D eigenvalue weighted by molar-refractivity contribution is 5.53. The van der Waals surface area contributed by atoms with Gasteiger partial charge < -0.3 is 14.3 Å². The van der Waals surface area contributed by atoms with Crippen LogP contribution in [0.25, 0.3) is 0 Å². The third-order valence-electron chi connectivity index (χ3n) is 1.14. The van der Waals surface area contributed by atoms with E-state index in [1.165, 1.54) is 6.26 Å². The summed E-state index contributed by atoms with van der Waals surface area (Å²) in [6.07, 6.45) is 2.56. The third-order valence-corrected chi connectivity index (χ3v) is 1.14. The number of allylic oxidation sites excluding steroid dienone is 1. The Morgan fingerprint density at radius 1 is 1.70 bits per heavy atom. The average Bonchev–Trinajstić information content (AvgIpc) is 2.12. The van der Waals surface area contributed by atoms with Crippen LogP contribution in [0.5, 0.6) is 0 Å². The van der Waals surface area contributed by atoms with Crippen molar-refractivity contribution in [3.63, 3.8) is 0 Å². The van der Waals surface area contributed by atoms with E-state index in [0.29, 0.717) is 12.2 Å². The molecule has 0 unspecified atom stereocenters. The van der Waals surface area contributed by atoms with Crippen molar-refractivity contribution in [2.24, 2.45) is 0 Å². The van der Waals surface area contributed by atoms with E-state index in [2.05, 4.69) is 0 Å². The van der Waals surface area contributed by atoms with Gasteiger partial charge in [-0.2, -0.15) is 0 Å². The summed E-state index contributed by atoms with van der Waals surface area (Å²) in [5.41, 5.74) is 0. The molecule has 0 bridgehead atoms. The Morgan fingerprint density at radius 2 is 2.40 bits per heavy atom. The predicted molar refractivity (Wildman–Crippen MR) is 35.0 cm³/mol. The summed E-state index contributed by atoms with van der Waals surface area (Å²) >= 11 is 0. The lowest BCUT2D eigenvalue weighted by Gasteiger charge is -2.17. The van der Waals surface area contributed by atoms with Gasteiger partial charge in [-0.3, -0.25) is 0 Å². The van der Waals surface area contributed by atoms with Crippen molar-refractivity contribution in [2.45, 2.75) is 26.1 Å². The summed E-state index contributed by atoms with van der Waals surface area (Å²) in [7, 11) is 0. The van der Waals surface area contributed by atoms with Crippen LogP contribution in [0, 0.1) is 0 Å². The molecule has 0 aromatic carbocycles. The van der Waals surface area contributed by atoms with Gasteiger partial charge in [0.25, 0.3) is 0 Å². The summed E-state index contributed by atoms with van der Waals surface area (Å²) in [5.74, 6) is 0.0122. The van der Waals surface area contributed by atoms with Crippen LogP contribution in [-0.4, -0.2) is 12.1 Å².